The largest absolute Gasteiger partial charge is 0.593 e. The molecule has 0 spiro atoms. The van der Waals surface area contributed by atoms with E-state index in [0.717, 1.165) is 11.7 Å². The molecule has 4 aromatic rings. The minimum Gasteiger partial charge on any atom is -0.593 e. The van der Waals surface area contributed by atoms with Gasteiger partial charge in [-0.15, -0.1) is 4.31 Å². The molecule has 2 aromatic heterocycles. The summed E-state index contributed by atoms with van der Waals surface area (Å²) >= 11 is 0.919. The van der Waals surface area contributed by atoms with Crippen molar-refractivity contribution in [2.45, 2.75) is 56.0 Å². The number of anilines is 1. The van der Waals surface area contributed by atoms with Gasteiger partial charge in [0.25, 0.3) is 5.56 Å². The smallest absolute Gasteiger partial charge is 0.262 e. The van der Waals surface area contributed by atoms with Crippen LogP contribution in [0.4, 0.5) is 5.69 Å². The molecule has 13 nitrogen and oxygen atoms in total. The van der Waals surface area contributed by atoms with Crippen LogP contribution in [0.5, 0.6) is 0 Å². The highest BCUT2D eigenvalue weighted by atomic mass is 32.3. The Bertz CT molecular complexity index is 1840. The number of amides is 3. The third kappa shape index (κ3) is 4.73. The number of hydrogen-bond donors (Lipinski definition) is 2. The SMILES string of the molecule is Cc1nc2c(NC(=O)C3CCCCN3[S+](=O)([O-])c3cccc4nsnc34)cccc2c(=O)n1C1CCC(=O)NC1=O. The molecule has 2 aromatic carbocycles. The van der Waals surface area contributed by atoms with Gasteiger partial charge in [0, 0.05) is 13.0 Å². The van der Waals surface area contributed by atoms with E-state index in [1.807, 2.05) is 0 Å². The summed E-state index contributed by atoms with van der Waals surface area (Å²) in [5.41, 5.74) is 0.717. The van der Waals surface area contributed by atoms with E-state index in [-0.39, 0.29) is 52.2 Å². The fraction of sp³-hybridized carbons (Fsp3) is 0.346. The first-order valence-electron chi connectivity index (χ1n) is 13.1. The van der Waals surface area contributed by atoms with Crippen LogP contribution in [-0.2, 0) is 29.0 Å². The minimum atomic E-state index is -4.08. The molecule has 2 fully saturated rings. The first kappa shape index (κ1) is 27.3. The van der Waals surface area contributed by atoms with Crippen LogP contribution in [0.1, 0.15) is 44.0 Å². The second kappa shape index (κ2) is 10.5. The summed E-state index contributed by atoms with van der Waals surface area (Å²) < 4.78 is 38.3. The van der Waals surface area contributed by atoms with Crippen LogP contribution in [0.3, 0.4) is 0 Å². The summed E-state index contributed by atoms with van der Waals surface area (Å²) in [6.07, 6.45) is 1.85. The maximum absolute atomic E-state index is 13.8. The topological polar surface area (TPSA) is 179 Å². The fourth-order valence-electron chi connectivity index (χ4n) is 5.51. The van der Waals surface area contributed by atoms with Gasteiger partial charge in [-0.1, -0.05) is 16.3 Å². The van der Waals surface area contributed by atoms with Gasteiger partial charge in [0.15, 0.2) is 15.9 Å². The molecule has 0 radical (unpaired) electrons. The van der Waals surface area contributed by atoms with Gasteiger partial charge in [-0.3, -0.25) is 29.1 Å². The number of carbonyl (C=O) groups excluding carboxylic acids is 3. The molecule has 2 saturated heterocycles. The second-order valence-corrected chi connectivity index (χ2v) is 12.4. The Balaban J connectivity index is 1.33. The molecular weight excluding hydrogens is 570 g/mol. The Kier molecular flexibility index (Phi) is 6.97. The summed E-state index contributed by atoms with van der Waals surface area (Å²) in [6.45, 7) is 1.74. The molecule has 212 valence electrons. The van der Waals surface area contributed by atoms with E-state index in [4.69, 9.17) is 0 Å². The Morgan fingerprint density at radius 3 is 2.71 bits per heavy atom. The Morgan fingerprint density at radius 1 is 1.10 bits per heavy atom. The first-order valence-corrected chi connectivity index (χ1v) is 15.2. The van der Waals surface area contributed by atoms with Crippen LogP contribution in [0, 0.1) is 6.92 Å². The fourth-order valence-corrected chi connectivity index (χ4v) is 7.92. The first-order chi connectivity index (χ1) is 19.7. The lowest BCUT2D eigenvalue weighted by Crippen LogP contribution is -2.52. The van der Waals surface area contributed by atoms with Gasteiger partial charge in [0.2, 0.25) is 22.6 Å². The van der Waals surface area contributed by atoms with Gasteiger partial charge in [-0.2, -0.15) is 8.75 Å². The van der Waals surface area contributed by atoms with Crippen molar-refractivity contribution in [1.29, 1.82) is 0 Å². The van der Waals surface area contributed by atoms with Crippen LogP contribution >= 0.6 is 11.7 Å². The molecule has 15 heteroatoms. The Hall–Kier alpha value is -3.92. The maximum Gasteiger partial charge on any atom is 0.262 e. The summed E-state index contributed by atoms with van der Waals surface area (Å²) in [4.78, 5) is 55.7. The molecule has 3 amide bonds. The predicted molar refractivity (Wildman–Crippen MR) is 150 cm³/mol. The molecule has 2 aliphatic heterocycles. The van der Waals surface area contributed by atoms with E-state index in [9.17, 15) is 27.9 Å². The number of hydrogen-bond acceptors (Lipinski definition) is 10. The number of para-hydroxylation sites is 1. The lowest BCUT2D eigenvalue weighted by molar-refractivity contribution is -0.135. The number of carbonyl (C=O) groups is 3. The van der Waals surface area contributed by atoms with Crippen LogP contribution in [0.2, 0.25) is 0 Å². The number of aryl methyl sites for hydroxylation is 1. The van der Waals surface area contributed by atoms with Gasteiger partial charge >= 0.3 is 0 Å². The number of aromatic nitrogens is 4. The average Bonchev–Trinajstić information content (AvgIpc) is 3.44. The monoisotopic (exact) mass is 595 g/mol. The van der Waals surface area contributed by atoms with Gasteiger partial charge in [0.05, 0.1) is 22.8 Å². The van der Waals surface area contributed by atoms with E-state index in [1.54, 1.807) is 37.3 Å². The number of benzene rings is 2. The molecule has 4 heterocycles. The van der Waals surface area contributed by atoms with Crippen molar-refractivity contribution in [1.82, 2.24) is 27.9 Å². The predicted octanol–water partition coefficient (Wildman–Crippen LogP) is 2.08. The average molecular weight is 596 g/mol. The number of nitrogens with one attached hydrogen (secondary N) is 2. The molecule has 41 heavy (non-hydrogen) atoms. The maximum atomic E-state index is 13.8. The number of imide groups is 1. The highest BCUT2D eigenvalue weighted by Crippen LogP contribution is 2.33. The van der Waals surface area contributed by atoms with Gasteiger partial charge in [-0.05, 0) is 56.9 Å². The van der Waals surface area contributed by atoms with Crippen LogP contribution in [0.15, 0.2) is 46.1 Å². The van der Waals surface area contributed by atoms with Crippen molar-refractivity contribution >= 4 is 67.5 Å². The minimum absolute atomic E-state index is 0.0000899. The quantitative estimate of drug-likeness (QED) is 0.258. The van der Waals surface area contributed by atoms with E-state index >= 15 is 0 Å². The molecule has 0 bridgehead atoms. The lowest BCUT2D eigenvalue weighted by atomic mass is 10.0. The highest BCUT2D eigenvalue weighted by Gasteiger charge is 2.43. The van der Waals surface area contributed by atoms with Crippen molar-refractivity contribution in [3.63, 3.8) is 0 Å². The van der Waals surface area contributed by atoms with Crippen LogP contribution < -0.4 is 16.2 Å². The second-order valence-electron chi connectivity index (χ2n) is 10.0. The zero-order valence-electron chi connectivity index (χ0n) is 21.9. The van der Waals surface area contributed by atoms with Crippen molar-refractivity contribution < 1.29 is 23.1 Å². The van der Waals surface area contributed by atoms with E-state index < -0.39 is 45.8 Å². The molecule has 3 atom stereocenters. The molecule has 2 aliphatic rings. The molecule has 2 N–H and O–H groups in total. The zero-order valence-corrected chi connectivity index (χ0v) is 23.5. The summed E-state index contributed by atoms with van der Waals surface area (Å²) in [7, 11) is -4.08. The lowest BCUT2D eigenvalue weighted by Gasteiger charge is -2.35. The van der Waals surface area contributed by atoms with Crippen molar-refractivity contribution in [3.8, 4) is 0 Å². The molecule has 0 saturated carbocycles. The number of sulfonamides is 1. The van der Waals surface area contributed by atoms with E-state index in [0.29, 0.717) is 24.8 Å². The molecule has 6 rings (SSSR count). The number of nitrogens with zero attached hydrogens (tertiary/aromatic N) is 5. The van der Waals surface area contributed by atoms with Gasteiger partial charge in [0.1, 0.15) is 28.9 Å². The molecule has 0 aliphatic carbocycles. The normalized spacial score (nSPS) is 21.5. The molecule has 3 unspecified atom stereocenters. The molecular formula is C26H25N7O6S2. The zero-order chi connectivity index (χ0) is 28.9. The Morgan fingerprint density at radius 2 is 1.90 bits per heavy atom. The van der Waals surface area contributed by atoms with Crippen LogP contribution in [0.25, 0.3) is 21.9 Å². The van der Waals surface area contributed by atoms with Crippen molar-refractivity contribution in [3.05, 3.63) is 52.6 Å². The summed E-state index contributed by atoms with van der Waals surface area (Å²) in [5.74, 6) is -1.27. The highest BCUT2D eigenvalue weighted by molar-refractivity contribution is 7.95. The number of fused-ring (bicyclic) bond motifs is 2. The number of rotatable bonds is 5. The Labute approximate surface area is 238 Å². The summed E-state index contributed by atoms with van der Waals surface area (Å²) in [5, 5.41) is 5.24. The standard InChI is InChI=1S/C26H25N7O6S2/c1-14-27-22-15(26(37)33(14)19-11-12-21(34)29-25(19)36)6-4-7-16(22)28-24(35)18-9-2-3-13-32(18)41(38,39)20-10-5-8-17-23(20)31-40-30-17/h4-8,10,18-19H,2-3,9,11-13H2,1H3,(H2-,28,29,34,35,36,38,39). The van der Waals surface area contributed by atoms with Crippen molar-refractivity contribution in [2.24, 2.45) is 0 Å². The van der Waals surface area contributed by atoms with E-state index in [1.165, 1.54) is 14.9 Å². The van der Waals surface area contributed by atoms with E-state index in [2.05, 4.69) is 24.4 Å². The van der Waals surface area contributed by atoms with Crippen molar-refractivity contribution in [2.75, 3.05) is 11.9 Å². The summed E-state index contributed by atoms with van der Waals surface area (Å²) in [6, 6.07) is 7.59. The third-order valence-electron chi connectivity index (χ3n) is 7.48. The van der Waals surface area contributed by atoms with Gasteiger partial charge in [-0.25, -0.2) is 4.98 Å². The van der Waals surface area contributed by atoms with Crippen LogP contribution in [-0.4, -0.2) is 57.5 Å². The number of piperidine rings is 2. The van der Waals surface area contributed by atoms with Gasteiger partial charge < -0.3 is 9.87 Å². The third-order valence-corrected chi connectivity index (χ3v) is 9.96.